The molecule has 0 bridgehead atoms. The number of nitrogens with zero attached hydrogens (tertiary/aromatic N) is 2. The highest BCUT2D eigenvalue weighted by atomic mass is 32.2. The minimum Gasteiger partial charge on any atom is -0.482 e. The van der Waals surface area contributed by atoms with E-state index in [0.717, 1.165) is 11.1 Å². The van der Waals surface area contributed by atoms with E-state index in [1.807, 2.05) is 44.0 Å². The maximum atomic E-state index is 13.6. The second kappa shape index (κ2) is 7.41. The van der Waals surface area contributed by atoms with Gasteiger partial charge in [-0.2, -0.15) is 0 Å². The molecule has 1 atom stereocenters. The number of rotatable bonds is 3. The van der Waals surface area contributed by atoms with Crippen molar-refractivity contribution in [3.8, 4) is 0 Å². The van der Waals surface area contributed by atoms with Crippen molar-refractivity contribution in [1.82, 2.24) is 4.98 Å². The highest BCUT2D eigenvalue weighted by molar-refractivity contribution is 7.91. The third kappa shape index (κ3) is 3.80. The molecule has 5 rings (SSSR count). The lowest BCUT2D eigenvalue weighted by Crippen LogP contribution is -2.33. The number of hydrogen-bond donors (Lipinski definition) is 1. The van der Waals surface area contributed by atoms with E-state index in [4.69, 9.17) is 4.74 Å². The van der Waals surface area contributed by atoms with Crippen LogP contribution < -0.4 is 10.2 Å². The lowest BCUT2D eigenvalue weighted by molar-refractivity contribution is -0.111. The number of allylic oxidation sites excluding steroid dienone is 1. The van der Waals surface area contributed by atoms with Crippen molar-refractivity contribution in [2.75, 3.05) is 28.8 Å². The van der Waals surface area contributed by atoms with E-state index < -0.39 is 21.3 Å². The Morgan fingerprint density at radius 2 is 2.03 bits per heavy atom. The summed E-state index contributed by atoms with van der Waals surface area (Å²) in [4.78, 5) is 19.1. The number of nitrogens with one attached hydrogen (secondary N) is 1. The topological polar surface area (TPSA) is 88.6 Å². The molecule has 172 valence electrons. The molecule has 9 heteroatoms. The molecule has 4 heterocycles. The van der Waals surface area contributed by atoms with Crippen LogP contribution in [0.25, 0.3) is 11.1 Å². The first-order valence-electron chi connectivity index (χ1n) is 10.7. The zero-order valence-corrected chi connectivity index (χ0v) is 19.4. The second-order valence-electron chi connectivity index (χ2n) is 9.13. The molecule has 3 aliphatic rings. The Labute approximate surface area is 191 Å². The average Bonchev–Trinajstić information content (AvgIpc) is 3.38. The fourth-order valence-corrected chi connectivity index (χ4v) is 6.40. The normalized spacial score (nSPS) is 24.8. The van der Waals surface area contributed by atoms with Gasteiger partial charge in [0.05, 0.1) is 22.8 Å². The van der Waals surface area contributed by atoms with Crippen LogP contribution in [0.2, 0.25) is 0 Å². The van der Waals surface area contributed by atoms with Gasteiger partial charge >= 0.3 is 0 Å². The van der Waals surface area contributed by atoms with Crippen molar-refractivity contribution in [3.05, 3.63) is 65.3 Å². The lowest BCUT2D eigenvalue weighted by atomic mass is 9.93. The molecule has 0 spiro atoms. The molecule has 3 aliphatic heterocycles. The van der Waals surface area contributed by atoms with Gasteiger partial charge in [-0.1, -0.05) is 0 Å². The Hall–Kier alpha value is -3.20. The van der Waals surface area contributed by atoms with Crippen molar-refractivity contribution >= 4 is 38.4 Å². The van der Waals surface area contributed by atoms with Crippen LogP contribution in [0, 0.1) is 5.82 Å². The number of halogens is 1. The summed E-state index contributed by atoms with van der Waals surface area (Å²) in [6.45, 7) is 3.82. The Morgan fingerprint density at radius 3 is 2.70 bits per heavy atom. The SMILES string of the molecule is CN(c1ccc(C2=C/C(=C3\C(=O)Nc4cc(F)ccc43)OC2(C)C)cn1)C1CCS(=O)(=O)C1. The van der Waals surface area contributed by atoms with Crippen molar-refractivity contribution in [1.29, 1.82) is 0 Å². The summed E-state index contributed by atoms with van der Waals surface area (Å²) in [5.41, 5.74) is 2.39. The molecule has 33 heavy (non-hydrogen) atoms. The first-order valence-corrected chi connectivity index (χ1v) is 12.5. The molecule has 2 aromatic rings. The van der Waals surface area contributed by atoms with Gasteiger partial charge in [0.15, 0.2) is 9.84 Å². The fourth-order valence-electron chi connectivity index (χ4n) is 4.63. The van der Waals surface area contributed by atoms with E-state index in [1.54, 1.807) is 12.3 Å². The minimum atomic E-state index is -2.98. The summed E-state index contributed by atoms with van der Waals surface area (Å²) in [6.07, 6.45) is 4.16. The minimum absolute atomic E-state index is 0.0825. The van der Waals surface area contributed by atoms with Crippen LogP contribution in [0.1, 0.15) is 31.4 Å². The van der Waals surface area contributed by atoms with Gasteiger partial charge in [-0.3, -0.25) is 4.79 Å². The molecule has 1 amide bonds. The molecular weight excluding hydrogens is 445 g/mol. The molecule has 7 nitrogen and oxygen atoms in total. The molecule has 0 saturated carbocycles. The standard InChI is InChI=1S/C24H24FN3O4S/c1-24(2)18(11-20(32-24)22-17-6-5-15(25)10-19(17)27-23(22)29)14-4-7-21(26-12-14)28(3)16-8-9-33(30,31)13-16/h4-7,10-12,16H,8-9,13H2,1-3H3,(H,27,29)/b22-20+. The second-order valence-corrected chi connectivity index (χ2v) is 11.4. The van der Waals surface area contributed by atoms with Gasteiger partial charge in [0.2, 0.25) is 0 Å². The lowest BCUT2D eigenvalue weighted by Gasteiger charge is -2.26. The van der Waals surface area contributed by atoms with Crippen LogP contribution in [0.3, 0.4) is 0 Å². The number of benzene rings is 1. The Morgan fingerprint density at radius 1 is 1.24 bits per heavy atom. The van der Waals surface area contributed by atoms with Crippen LogP contribution in [-0.2, 0) is 19.4 Å². The summed E-state index contributed by atoms with van der Waals surface area (Å²) in [5, 5.41) is 2.69. The zero-order valence-electron chi connectivity index (χ0n) is 18.6. The van der Waals surface area contributed by atoms with Gasteiger partial charge in [-0.25, -0.2) is 17.8 Å². The molecule has 1 aromatic heterocycles. The third-order valence-corrected chi connectivity index (χ3v) is 8.19. The van der Waals surface area contributed by atoms with Gasteiger partial charge in [-0.05, 0) is 56.7 Å². The summed E-state index contributed by atoms with van der Waals surface area (Å²) in [7, 11) is -1.12. The Balaban J connectivity index is 1.47. The van der Waals surface area contributed by atoms with Crippen molar-refractivity contribution in [3.63, 3.8) is 0 Å². The number of amides is 1. The Bertz CT molecular complexity index is 1330. The molecular formula is C24H24FN3O4S. The van der Waals surface area contributed by atoms with Gasteiger partial charge in [0.25, 0.3) is 5.91 Å². The number of fused-ring (bicyclic) bond motifs is 1. The van der Waals surface area contributed by atoms with Gasteiger partial charge in [0, 0.05) is 36.0 Å². The van der Waals surface area contributed by atoms with Crippen LogP contribution in [0.15, 0.2) is 48.4 Å². The van der Waals surface area contributed by atoms with Crippen molar-refractivity contribution in [2.45, 2.75) is 31.9 Å². The number of carbonyl (C=O) groups excluding carboxylic acids is 1. The number of ether oxygens (including phenoxy) is 1. The molecule has 1 fully saturated rings. The number of anilines is 2. The number of sulfone groups is 1. The van der Waals surface area contributed by atoms with Crippen LogP contribution >= 0.6 is 0 Å². The summed E-state index contributed by atoms with van der Waals surface area (Å²) in [5.74, 6) is 0.719. The Kier molecular flexibility index (Phi) is 4.86. The number of pyridine rings is 1. The molecule has 1 unspecified atom stereocenters. The van der Waals surface area contributed by atoms with E-state index in [1.165, 1.54) is 12.1 Å². The summed E-state index contributed by atoms with van der Waals surface area (Å²) >= 11 is 0. The number of hydrogen-bond acceptors (Lipinski definition) is 6. The van der Waals surface area contributed by atoms with E-state index in [-0.39, 0.29) is 23.5 Å². The zero-order chi connectivity index (χ0) is 23.5. The summed E-state index contributed by atoms with van der Waals surface area (Å²) in [6, 6.07) is 7.89. The third-order valence-electron chi connectivity index (χ3n) is 6.44. The fraction of sp³-hybridized carbons (Fsp3) is 0.333. The average molecular weight is 470 g/mol. The molecule has 1 N–H and O–H groups in total. The smallest absolute Gasteiger partial charge is 0.260 e. The maximum absolute atomic E-state index is 13.6. The van der Waals surface area contributed by atoms with Gasteiger partial charge in [-0.15, -0.1) is 0 Å². The van der Waals surface area contributed by atoms with Gasteiger partial charge in [0.1, 0.15) is 23.0 Å². The number of carbonyl (C=O) groups is 1. The molecule has 1 aromatic carbocycles. The molecule has 0 radical (unpaired) electrons. The number of aromatic nitrogens is 1. The van der Waals surface area contributed by atoms with Crippen LogP contribution in [0.5, 0.6) is 0 Å². The van der Waals surface area contributed by atoms with Crippen LogP contribution in [-0.4, -0.2) is 49.5 Å². The molecule has 0 aliphatic carbocycles. The maximum Gasteiger partial charge on any atom is 0.260 e. The van der Waals surface area contributed by atoms with E-state index >= 15 is 0 Å². The van der Waals surface area contributed by atoms with Gasteiger partial charge < -0.3 is 15.0 Å². The van der Waals surface area contributed by atoms with Crippen molar-refractivity contribution in [2.24, 2.45) is 0 Å². The van der Waals surface area contributed by atoms with Crippen LogP contribution in [0.4, 0.5) is 15.9 Å². The quantitative estimate of drug-likeness (QED) is 0.694. The first kappa shape index (κ1) is 21.6. The first-order chi connectivity index (χ1) is 15.5. The highest BCUT2D eigenvalue weighted by Crippen LogP contribution is 2.44. The largest absolute Gasteiger partial charge is 0.482 e. The highest BCUT2D eigenvalue weighted by Gasteiger charge is 2.38. The van der Waals surface area contributed by atoms with E-state index in [0.29, 0.717) is 34.8 Å². The van der Waals surface area contributed by atoms with E-state index in [9.17, 15) is 17.6 Å². The van der Waals surface area contributed by atoms with Crippen molar-refractivity contribution < 1.29 is 22.3 Å². The van der Waals surface area contributed by atoms with E-state index in [2.05, 4.69) is 10.3 Å². The predicted octanol–water partition coefficient (Wildman–Crippen LogP) is 3.40. The molecule has 1 saturated heterocycles. The summed E-state index contributed by atoms with van der Waals surface area (Å²) < 4.78 is 43.4. The predicted molar refractivity (Wildman–Crippen MR) is 125 cm³/mol. The monoisotopic (exact) mass is 469 g/mol.